The van der Waals surface area contributed by atoms with Gasteiger partial charge in [-0.2, -0.15) is 0 Å². The van der Waals surface area contributed by atoms with Crippen molar-refractivity contribution in [2.75, 3.05) is 27.9 Å². The molecule has 0 aliphatic carbocycles. The normalized spacial score (nSPS) is 16.4. The average molecular weight is 267 g/mol. The monoisotopic (exact) mass is 267 g/mol. The van der Waals surface area contributed by atoms with E-state index in [-0.39, 0.29) is 0 Å². The first kappa shape index (κ1) is 13.2. The van der Waals surface area contributed by atoms with Crippen LogP contribution in [-0.4, -0.2) is 37.0 Å². The minimum absolute atomic E-state index is 0.657. The highest BCUT2D eigenvalue weighted by Crippen LogP contribution is 2.36. The lowest BCUT2D eigenvalue weighted by Gasteiger charge is -2.23. The SMILES string of the molecule is COc1ccc([Si]2CCCCO2)c(OC)c1OC. The summed E-state index contributed by atoms with van der Waals surface area (Å²) >= 11 is 0. The molecule has 1 fully saturated rings. The van der Waals surface area contributed by atoms with Gasteiger partial charge in [0.25, 0.3) is 9.04 Å². The maximum Gasteiger partial charge on any atom is 0.250 e. The molecule has 1 aromatic rings. The molecular weight excluding hydrogens is 248 g/mol. The second kappa shape index (κ2) is 6.11. The van der Waals surface area contributed by atoms with Crippen LogP contribution in [-0.2, 0) is 4.43 Å². The lowest BCUT2D eigenvalue weighted by atomic mass is 10.3. The molecule has 1 heterocycles. The fourth-order valence-corrected chi connectivity index (χ4v) is 4.46. The van der Waals surface area contributed by atoms with Gasteiger partial charge in [-0.1, -0.05) is 12.5 Å². The molecule has 0 amide bonds. The number of rotatable bonds is 4. The van der Waals surface area contributed by atoms with Crippen LogP contribution in [0.1, 0.15) is 12.8 Å². The molecule has 0 N–H and O–H groups in total. The Balaban J connectivity index is 2.40. The largest absolute Gasteiger partial charge is 0.493 e. The van der Waals surface area contributed by atoms with E-state index in [0.29, 0.717) is 11.5 Å². The minimum Gasteiger partial charge on any atom is -0.493 e. The van der Waals surface area contributed by atoms with Crippen LogP contribution in [0.5, 0.6) is 17.2 Å². The van der Waals surface area contributed by atoms with Crippen molar-refractivity contribution in [3.8, 4) is 17.2 Å². The molecule has 1 aliphatic heterocycles. The molecule has 1 saturated heterocycles. The van der Waals surface area contributed by atoms with Crippen molar-refractivity contribution in [3.63, 3.8) is 0 Å². The first-order chi connectivity index (χ1) is 8.81. The Morgan fingerprint density at radius 1 is 1.00 bits per heavy atom. The van der Waals surface area contributed by atoms with Gasteiger partial charge in [-0.3, -0.25) is 0 Å². The highest BCUT2D eigenvalue weighted by atomic mass is 28.3. The van der Waals surface area contributed by atoms with Gasteiger partial charge < -0.3 is 18.6 Å². The maximum atomic E-state index is 5.90. The zero-order valence-corrected chi connectivity index (χ0v) is 12.1. The van der Waals surface area contributed by atoms with Gasteiger partial charge in [0.15, 0.2) is 11.5 Å². The molecular formula is C13H19O4Si. The summed E-state index contributed by atoms with van der Waals surface area (Å²) in [6.07, 6.45) is 2.38. The van der Waals surface area contributed by atoms with Crippen molar-refractivity contribution >= 4 is 14.2 Å². The predicted octanol–water partition coefficient (Wildman–Crippen LogP) is 1.72. The Hall–Kier alpha value is -1.20. The van der Waals surface area contributed by atoms with Gasteiger partial charge in [-0.05, 0) is 18.5 Å². The fraction of sp³-hybridized carbons (Fsp3) is 0.538. The Bertz CT molecular complexity index is 402. The fourth-order valence-electron chi connectivity index (χ4n) is 2.19. The van der Waals surface area contributed by atoms with Crippen molar-refractivity contribution in [2.45, 2.75) is 18.9 Å². The number of methoxy groups -OCH3 is 3. The molecule has 0 spiro atoms. The molecule has 1 aromatic carbocycles. The third kappa shape index (κ3) is 2.47. The third-order valence-corrected chi connectivity index (χ3v) is 5.43. The third-order valence-electron chi connectivity index (χ3n) is 3.08. The lowest BCUT2D eigenvalue weighted by molar-refractivity contribution is 0.292. The molecule has 18 heavy (non-hydrogen) atoms. The van der Waals surface area contributed by atoms with Gasteiger partial charge in [0.2, 0.25) is 5.75 Å². The van der Waals surface area contributed by atoms with Crippen LogP contribution < -0.4 is 19.4 Å². The molecule has 0 atom stereocenters. The maximum absolute atomic E-state index is 5.90. The number of hydrogen-bond acceptors (Lipinski definition) is 4. The van der Waals surface area contributed by atoms with Crippen LogP contribution in [0.2, 0.25) is 6.04 Å². The Morgan fingerprint density at radius 3 is 2.33 bits per heavy atom. The summed E-state index contributed by atoms with van der Waals surface area (Å²) in [5, 5.41) is 1.14. The van der Waals surface area contributed by atoms with Gasteiger partial charge in [0.05, 0.1) is 21.3 Å². The van der Waals surface area contributed by atoms with E-state index < -0.39 is 9.04 Å². The topological polar surface area (TPSA) is 36.9 Å². The summed E-state index contributed by atoms with van der Waals surface area (Å²) in [7, 11) is 3.93. The van der Waals surface area contributed by atoms with E-state index in [9.17, 15) is 0 Å². The van der Waals surface area contributed by atoms with Crippen molar-refractivity contribution in [1.29, 1.82) is 0 Å². The van der Waals surface area contributed by atoms with E-state index in [1.165, 1.54) is 6.42 Å². The second-order valence-corrected chi connectivity index (χ2v) is 6.28. The van der Waals surface area contributed by atoms with E-state index in [1.807, 2.05) is 12.1 Å². The van der Waals surface area contributed by atoms with Gasteiger partial charge in [0, 0.05) is 11.8 Å². The number of ether oxygens (including phenoxy) is 3. The molecule has 0 saturated carbocycles. The van der Waals surface area contributed by atoms with Gasteiger partial charge in [-0.15, -0.1) is 0 Å². The molecule has 0 unspecified atom stereocenters. The summed E-state index contributed by atoms with van der Waals surface area (Å²) in [6.45, 7) is 0.853. The van der Waals surface area contributed by atoms with Crippen molar-refractivity contribution in [1.82, 2.24) is 0 Å². The number of benzene rings is 1. The second-order valence-electron chi connectivity index (χ2n) is 4.11. The molecule has 4 nitrogen and oxygen atoms in total. The molecule has 5 heteroatoms. The molecule has 1 aliphatic rings. The van der Waals surface area contributed by atoms with Crippen LogP contribution >= 0.6 is 0 Å². The van der Waals surface area contributed by atoms with Crippen molar-refractivity contribution in [2.24, 2.45) is 0 Å². The van der Waals surface area contributed by atoms with Crippen LogP contribution in [0, 0.1) is 0 Å². The molecule has 1 radical (unpaired) electrons. The molecule has 2 rings (SSSR count). The van der Waals surface area contributed by atoms with Gasteiger partial charge >= 0.3 is 0 Å². The molecule has 99 valence electrons. The van der Waals surface area contributed by atoms with Gasteiger partial charge in [-0.25, -0.2) is 0 Å². The lowest BCUT2D eigenvalue weighted by Crippen LogP contribution is -2.37. The summed E-state index contributed by atoms with van der Waals surface area (Å²) in [5.41, 5.74) is 0. The van der Waals surface area contributed by atoms with E-state index >= 15 is 0 Å². The standard InChI is InChI=1S/C13H19O4Si/c1-14-10-6-7-11(13(16-3)12(10)15-2)18-9-5-4-8-17-18/h6-7H,4-5,8-9H2,1-3H3. The van der Waals surface area contributed by atoms with Crippen molar-refractivity contribution in [3.05, 3.63) is 12.1 Å². The molecule has 0 bridgehead atoms. The highest BCUT2D eigenvalue weighted by molar-refractivity contribution is 6.68. The molecule has 0 aromatic heterocycles. The highest BCUT2D eigenvalue weighted by Gasteiger charge is 2.26. The Morgan fingerprint density at radius 2 is 1.78 bits per heavy atom. The van der Waals surface area contributed by atoms with E-state index in [0.717, 1.165) is 30.0 Å². The van der Waals surface area contributed by atoms with Crippen LogP contribution in [0.4, 0.5) is 0 Å². The Kier molecular flexibility index (Phi) is 4.49. The zero-order valence-electron chi connectivity index (χ0n) is 11.1. The summed E-state index contributed by atoms with van der Waals surface area (Å²) in [4.78, 5) is 0. The first-order valence-corrected chi connectivity index (χ1v) is 7.71. The Labute approximate surface area is 110 Å². The summed E-state index contributed by atoms with van der Waals surface area (Å²) < 4.78 is 22.1. The van der Waals surface area contributed by atoms with Crippen molar-refractivity contribution < 1.29 is 18.6 Å². The van der Waals surface area contributed by atoms with Crippen LogP contribution in [0.25, 0.3) is 0 Å². The smallest absolute Gasteiger partial charge is 0.250 e. The average Bonchev–Trinajstić information content (AvgIpc) is 2.46. The summed E-state index contributed by atoms with van der Waals surface area (Å²) in [6, 6.07) is 5.09. The minimum atomic E-state index is -0.985. The van der Waals surface area contributed by atoms with E-state index in [1.54, 1.807) is 21.3 Å². The number of hydrogen-bond donors (Lipinski definition) is 0. The van der Waals surface area contributed by atoms with Crippen LogP contribution in [0.15, 0.2) is 12.1 Å². The van der Waals surface area contributed by atoms with E-state index in [4.69, 9.17) is 18.6 Å². The summed E-state index contributed by atoms with van der Waals surface area (Å²) in [5.74, 6) is 2.10. The predicted molar refractivity (Wildman–Crippen MR) is 71.5 cm³/mol. The zero-order chi connectivity index (χ0) is 13.0. The first-order valence-electron chi connectivity index (χ1n) is 6.09. The van der Waals surface area contributed by atoms with E-state index in [2.05, 4.69) is 0 Å². The quantitative estimate of drug-likeness (QED) is 0.778. The van der Waals surface area contributed by atoms with Gasteiger partial charge in [0.1, 0.15) is 0 Å². The van der Waals surface area contributed by atoms with Crippen LogP contribution in [0.3, 0.4) is 0 Å².